The van der Waals surface area contributed by atoms with Crippen LogP contribution in [-0.4, -0.2) is 163 Å². The number of nitrogens with two attached hydrogens (primary N) is 2. The van der Waals surface area contributed by atoms with Crippen molar-refractivity contribution < 1.29 is 78.3 Å². The number of aliphatic carboxylic acids is 3. The van der Waals surface area contributed by atoms with E-state index in [1.807, 2.05) is 5.32 Å². The number of carbonyl (C=O) groups excluding carboxylic acids is 8. The zero-order valence-electron chi connectivity index (χ0n) is 32.4. The van der Waals surface area contributed by atoms with Crippen LogP contribution in [0.25, 0.3) is 0 Å². The van der Waals surface area contributed by atoms with E-state index >= 15 is 0 Å². The zero-order chi connectivity index (χ0) is 46.0. The molecule has 8 amide bonds. The molecule has 26 heteroatoms. The summed E-state index contributed by atoms with van der Waals surface area (Å²) in [6.07, 6.45) is -3.17. The number of aliphatic hydroxyl groups excluding tert-OH is 1. The van der Waals surface area contributed by atoms with Crippen LogP contribution in [0, 0.1) is 0 Å². The maximum absolute atomic E-state index is 13.4. The molecule has 0 saturated carbocycles. The van der Waals surface area contributed by atoms with Gasteiger partial charge in [-0.25, -0.2) is 4.79 Å². The minimum Gasteiger partial charge on any atom is -0.508 e. The first-order chi connectivity index (χ1) is 28.7. The summed E-state index contributed by atoms with van der Waals surface area (Å²) in [5, 5.41) is 60.6. The summed E-state index contributed by atoms with van der Waals surface area (Å²) in [6.45, 7) is -2.04. The highest BCUT2D eigenvalue weighted by molar-refractivity contribution is 7.80. The highest BCUT2D eigenvalue weighted by Gasteiger charge is 2.39. The van der Waals surface area contributed by atoms with Gasteiger partial charge in [0.25, 0.3) is 0 Å². The summed E-state index contributed by atoms with van der Waals surface area (Å²) < 4.78 is 0. The second kappa shape index (κ2) is 24.5. The normalized spacial score (nSPS) is 16.2. The molecule has 2 rings (SSSR count). The van der Waals surface area contributed by atoms with E-state index in [-0.39, 0.29) is 37.3 Å². The molecular weight excluding hydrogens is 834 g/mol. The molecule has 0 aromatic heterocycles. The molecule has 15 N–H and O–H groups in total. The molecule has 0 aliphatic carbocycles. The molecular formula is C35H49N9O16S. The third-order valence-corrected chi connectivity index (χ3v) is 9.33. The van der Waals surface area contributed by atoms with E-state index in [4.69, 9.17) is 11.5 Å². The van der Waals surface area contributed by atoms with Gasteiger partial charge in [0.1, 0.15) is 42.0 Å². The third kappa shape index (κ3) is 16.9. The first kappa shape index (κ1) is 50.6. The van der Waals surface area contributed by atoms with E-state index in [9.17, 15) is 78.3 Å². The van der Waals surface area contributed by atoms with Crippen LogP contribution in [0.2, 0.25) is 0 Å². The molecule has 1 heterocycles. The molecule has 1 aliphatic heterocycles. The van der Waals surface area contributed by atoms with Crippen molar-refractivity contribution in [3.05, 3.63) is 29.8 Å². The lowest BCUT2D eigenvalue weighted by molar-refractivity contribution is -0.149. The minimum atomic E-state index is -1.98. The molecule has 25 nitrogen and oxygen atoms in total. The van der Waals surface area contributed by atoms with Gasteiger partial charge in [0, 0.05) is 25.1 Å². The molecule has 1 fully saturated rings. The molecule has 7 atom stereocenters. The van der Waals surface area contributed by atoms with Crippen LogP contribution in [0.5, 0.6) is 5.75 Å². The fourth-order valence-corrected chi connectivity index (χ4v) is 5.96. The van der Waals surface area contributed by atoms with Gasteiger partial charge in [-0.2, -0.15) is 12.6 Å². The van der Waals surface area contributed by atoms with Gasteiger partial charge in [0.15, 0.2) is 0 Å². The molecule has 1 aromatic carbocycles. The Morgan fingerprint density at radius 2 is 1.31 bits per heavy atom. The highest BCUT2D eigenvalue weighted by Crippen LogP contribution is 2.19. The van der Waals surface area contributed by atoms with E-state index in [1.165, 1.54) is 24.3 Å². The first-order valence-electron chi connectivity index (χ1n) is 18.5. The number of phenols is 1. The fourth-order valence-electron chi connectivity index (χ4n) is 5.79. The Kier molecular flexibility index (Phi) is 20.3. The number of primary amides is 1. The van der Waals surface area contributed by atoms with E-state index < -0.39 is 146 Å². The molecule has 0 spiro atoms. The summed E-state index contributed by atoms with van der Waals surface area (Å²) in [5.41, 5.74) is 11.4. The number of benzene rings is 1. The quantitative estimate of drug-likeness (QED) is 0.0407. The smallest absolute Gasteiger partial charge is 0.326 e. The Morgan fingerprint density at radius 3 is 1.87 bits per heavy atom. The first-order valence-corrected chi connectivity index (χ1v) is 19.1. The van der Waals surface area contributed by atoms with Crippen molar-refractivity contribution in [1.82, 2.24) is 36.8 Å². The van der Waals surface area contributed by atoms with E-state index in [2.05, 4.69) is 39.2 Å². The number of likely N-dealkylation sites (tertiary alicyclic amines) is 1. The summed E-state index contributed by atoms with van der Waals surface area (Å²) in [4.78, 5) is 139. The zero-order valence-corrected chi connectivity index (χ0v) is 33.3. The number of thiol groups is 1. The van der Waals surface area contributed by atoms with Crippen LogP contribution >= 0.6 is 12.6 Å². The molecule has 1 aromatic rings. The molecule has 0 radical (unpaired) electrons. The Balaban J connectivity index is 2.17. The molecule has 336 valence electrons. The second-order valence-electron chi connectivity index (χ2n) is 13.7. The number of nitrogens with one attached hydrogen (secondary N) is 6. The van der Waals surface area contributed by atoms with Crippen molar-refractivity contribution in [2.24, 2.45) is 11.5 Å². The van der Waals surface area contributed by atoms with Gasteiger partial charge in [-0.1, -0.05) is 12.1 Å². The van der Waals surface area contributed by atoms with Crippen LogP contribution in [0.4, 0.5) is 0 Å². The second-order valence-corrected chi connectivity index (χ2v) is 14.0. The van der Waals surface area contributed by atoms with Crippen molar-refractivity contribution in [3.63, 3.8) is 0 Å². The van der Waals surface area contributed by atoms with Crippen LogP contribution in [0.15, 0.2) is 24.3 Å². The van der Waals surface area contributed by atoms with Crippen molar-refractivity contribution in [3.8, 4) is 5.75 Å². The van der Waals surface area contributed by atoms with Crippen LogP contribution in [0.1, 0.15) is 44.1 Å². The summed E-state index contributed by atoms with van der Waals surface area (Å²) >= 11 is 3.95. The van der Waals surface area contributed by atoms with Gasteiger partial charge in [0.2, 0.25) is 47.3 Å². The molecule has 0 unspecified atom stereocenters. The van der Waals surface area contributed by atoms with Gasteiger partial charge < -0.3 is 73.8 Å². The predicted molar refractivity (Wildman–Crippen MR) is 209 cm³/mol. The lowest BCUT2D eigenvalue weighted by Crippen LogP contribution is -2.59. The molecule has 0 bridgehead atoms. The van der Waals surface area contributed by atoms with Crippen LogP contribution < -0.4 is 43.4 Å². The van der Waals surface area contributed by atoms with E-state index in [0.29, 0.717) is 5.56 Å². The number of carboxylic acid groups (broad SMARTS) is 3. The largest absolute Gasteiger partial charge is 0.508 e. The van der Waals surface area contributed by atoms with Crippen LogP contribution in [0.3, 0.4) is 0 Å². The van der Waals surface area contributed by atoms with Crippen molar-refractivity contribution in [1.29, 1.82) is 0 Å². The molecule has 1 saturated heterocycles. The maximum Gasteiger partial charge on any atom is 0.326 e. The number of rotatable bonds is 25. The Morgan fingerprint density at radius 1 is 0.738 bits per heavy atom. The summed E-state index contributed by atoms with van der Waals surface area (Å²) in [6, 6.07) is -5.50. The lowest BCUT2D eigenvalue weighted by Gasteiger charge is -2.28. The van der Waals surface area contributed by atoms with E-state index in [0.717, 1.165) is 4.90 Å². The maximum atomic E-state index is 13.4. The van der Waals surface area contributed by atoms with Crippen molar-refractivity contribution in [2.75, 3.05) is 25.4 Å². The number of nitrogens with zero attached hydrogens (tertiary/aromatic N) is 1. The number of hydrogen-bond acceptors (Lipinski definition) is 15. The number of aromatic hydroxyl groups is 1. The number of phenolic OH excluding ortho intramolecular Hbond substituents is 1. The highest BCUT2D eigenvalue weighted by atomic mass is 32.1. The number of hydrogen-bond donors (Lipinski definition) is 14. The van der Waals surface area contributed by atoms with Gasteiger partial charge in [0.05, 0.1) is 32.0 Å². The van der Waals surface area contributed by atoms with Gasteiger partial charge >= 0.3 is 17.9 Å². The Labute approximate surface area is 352 Å². The molecule has 61 heavy (non-hydrogen) atoms. The number of carboxylic acids is 3. The van der Waals surface area contributed by atoms with Crippen LogP contribution in [-0.2, 0) is 59.2 Å². The van der Waals surface area contributed by atoms with Crippen molar-refractivity contribution in [2.45, 2.75) is 87.2 Å². The summed E-state index contributed by atoms with van der Waals surface area (Å²) in [5.74, 6) is -13.4. The average Bonchev–Trinajstić information content (AvgIpc) is 3.70. The Hall–Kier alpha value is -6.54. The van der Waals surface area contributed by atoms with Crippen molar-refractivity contribution >= 4 is 77.8 Å². The number of carbonyl (C=O) groups is 11. The van der Waals surface area contributed by atoms with Gasteiger partial charge in [-0.3, -0.25) is 47.9 Å². The average molecular weight is 884 g/mol. The van der Waals surface area contributed by atoms with Gasteiger partial charge in [-0.05, 0) is 37.0 Å². The minimum absolute atomic E-state index is 0.0405. The van der Waals surface area contributed by atoms with Gasteiger partial charge in [-0.15, -0.1) is 0 Å². The number of aliphatic hydroxyl groups is 1. The van der Waals surface area contributed by atoms with E-state index in [1.54, 1.807) is 0 Å². The fraction of sp³-hybridized carbons (Fsp3) is 0.514. The topological polar surface area (TPSA) is 416 Å². The lowest BCUT2D eigenvalue weighted by atomic mass is 10.0. The SMILES string of the molecule is NC(=O)C[C@H](NC(=O)[C@H](CCC(=O)O)NC(=O)[C@H](CC(=O)O)NC(=O)CNC(=O)[C@H](CO)NC(=O)[C@H](Cc1ccc(O)cc1)NC(=O)[C@@H](N)CS)C(=O)N1CCC[C@H]1C(=O)O. The molecule has 1 aliphatic rings. The standard InChI is InChI=1S/C35H49N9O16S/c36-18(15-61)29(53)41-20(10-16-3-5-17(46)6-4-16)32(56)43-23(14-45)30(54)38-13-26(48)39-21(12-28(51)52)33(57)40-19(7-8-27(49)50)31(55)42-22(11-25(37)47)34(58)44-9-1-2-24(44)35(59)60/h3-6,18-24,45-46,61H,1-2,7-15,36H2,(H2,37,47)(H,38,54)(H,39,48)(H,40,57)(H,41,53)(H,42,55)(H,43,56)(H,49,50)(H,51,52)(H,59,60)/t18-,19-,20-,21-,22-,23-,24-/m0/s1. The monoisotopic (exact) mass is 883 g/mol. The predicted octanol–water partition coefficient (Wildman–Crippen LogP) is -5.99. The summed E-state index contributed by atoms with van der Waals surface area (Å²) in [7, 11) is 0. The Bertz CT molecular complexity index is 1820. The number of amides is 8. The third-order valence-electron chi connectivity index (χ3n) is 8.93.